The number of aromatic nitrogens is 1. The molecule has 0 aliphatic carbocycles. The summed E-state index contributed by atoms with van der Waals surface area (Å²) in [4.78, 5) is 7.77. The minimum absolute atomic E-state index is 0.289. The molecular formula is C12H18N2O2S. The van der Waals surface area contributed by atoms with Gasteiger partial charge in [-0.2, -0.15) is 0 Å². The average molecular weight is 254 g/mol. The molecule has 5 heteroatoms. The highest BCUT2D eigenvalue weighted by atomic mass is 32.1. The predicted octanol–water partition coefficient (Wildman–Crippen LogP) is 1.26. The predicted molar refractivity (Wildman–Crippen MR) is 65.9 cm³/mol. The highest BCUT2D eigenvalue weighted by Gasteiger charge is 2.45. The first-order chi connectivity index (χ1) is 8.28. The summed E-state index contributed by atoms with van der Waals surface area (Å²) in [7, 11) is 0. The van der Waals surface area contributed by atoms with Gasteiger partial charge < -0.3 is 9.84 Å². The van der Waals surface area contributed by atoms with Gasteiger partial charge in [-0.15, -0.1) is 11.3 Å². The van der Waals surface area contributed by atoms with E-state index >= 15 is 0 Å². The molecule has 2 fully saturated rings. The van der Waals surface area contributed by atoms with Crippen molar-refractivity contribution in [2.24, 2.45) is 0 Å². The number of hydrogen-bond acceptors (Lipinski definition) is 5. The maximum absolute atomic E-state index is 10.1. The molecule has 1 N–H and O–H groups in total. The summed E-state index contributed by atoms with van der Waals surface area (Å²) in [6.45, 7) is 3.53. The second-order valence-corrected chi connectivity index (χ2v) is 5.97. The molecule has 0 saturated carbocycles. The number of hydrogen-bond donors (Lipinski definition) is 1. The van der Waals surface area contributed by atoms with E-state index in [9.17, 15) is 5.11 Å². The summed E-state index contributed by atoms with van der Waals surface area (Å²) in [5, 5.41) is 10.1. The Balaban J connectivity index is 1.68. The molecule has 0 amide bonds. The van der Waals surface area contributed by atoms with Crippen LogP contribution in [0.2, 0.25) is 0 Å². The molecule has 1 aromatic heterocycles. The maximum atomic E-state index is 10.1. The van der Waals surface area contributed by atoms with Gasteiger partial charge in [0.2, 0.25) is 0 Å². The highest BCUT2D eigenvalue weighted by molar-refractivity contribution is 7.09. The van der Waals surface area contributed by atoms with Crippen LogP contribution >= 0.6 is 11.3 Å². The molecule has 1 aromatic rings. The molecule has 2 atom stereocenters. The minimum Gasteiger partial charge on any atom is -0.390 e. The van der Waals surface area contributed by atoms with Crippen molar-refractivity contribution in [2.75, 3.05) is 19.7 Å². The Morgan fingerprint density at radius 1 is 1.65 bits per heavy atom. The van der Waals surface area contributed by atoms with Crippen LogP contribution in [0.4, 0.5) is 0 Å². The van der Waals surface area contributed by atoms with Crippen molar-refractivity contribution in [1.29, 1.82) is 0 Å². The molecule has 94 valence electrons. The van der Waals surface area contributed by atoms with Crippen LogP contribution < -0.4 is 0 Å². The molecule has 0 aromatic carbocycles. The lowest BCUT2D eigenvalue weighted by Gasteiger charge is -2.43. The molecule has 0 unspecified atom stereocenters. The fourth-order valence-electron chi connectivity index (χ4n) is 2.91. The third-order valence-corrected chi connectivity index (χ3v) is 4.58. The molecule has 17 heavy (non-hydrogen) atoms. The van der Waals surface area contributed by atoms with E-state index in [4.69, 9.17) is 4.74 Å². The maximum Gasteiger partial charge on any atom is 0.107 e. The van der Waals surface area contributed by atoms with Gasteiger partial charge in [0.25, 0.3) is 0 Å². The third-order valence-electron chi connectivity index (χ3n) is 3.81. The molecule has 1 spiro atoms. The number of likely N-dealkylation sites (tertiary alicyclic amines) is 1. The normalized spacial score (nSPS) is 34.5. The number of thiazole rings is 1. The first-order valence-corrected chi connectivity index (χ1v) is 7.08. The number of rotatable bonds is 2. The first-order valence-electron chi connectivity index (χ1n) is 6.20. The lowest BCUT2D eigenvalue weighted by atomic mass is 9.87. The molecule has 2 saturated heterocycles. The molecule has 0 radical (unpaired) electrons. The number of ether oxygens (including phenoxy) is 1. The first kappa shape index (κ1) is 11.6. The molecule has 2 aliphatic rings. The highest BCUT2D eigenvalue weighted by Crippen LogP contribution is 2.35. The summed E-state index contributed by atoms with van der Waals surface area (Å²) < 4.78 is 5.84. The van der Waals surface area contributed by atoms with E-state index in [0.717, 1.165) is 45.5 Å². The molecule has 0 bridgehead atoms. The van der Waals surface area contributed by atoms with Gasteiger partial charge in [0, 0.05) is 37.3 Å². The largest absolute Gasteiger partial charge is 0.390 e. The van der Waals surface area contributed by atoms with Crippen molar-refractivity contribution in [3.05, 3.63) is 16.6 Å². The molecule has 3 heterocycles. The van der Waals surface area contributed by atoms with Crippen molar-refractivity contribution >= 4 is 11.3 Å². The van der Waals surface area contributed by atoms with E-state index in [1.165, 1.54) is 4.88 Å². The minimum atomic E-state index is -0.289. The van der Waals surface area contributed by atoms with Gasteiger partial charge in [-0.1, -0.05) is 0 Å². The second-order valence-electron chi connectivity index (χ2n) is 5.00. The van der Waals surface area contributed by atoms with Crippen LogP contribution in [0.3, 0.4) is 0 Å². The fraction of sp³-hybridized carbons (Fsp3) is 0.750. The Labute approximate surface area is 105 Å². The number of aliphatic hydroxyl groups is 1. The van der Waals surface area contributed by atoms with Gasteiger partial charge in [0.05, 0.1) is 11.6 Å². The summed E-state index contributed by atoms with van der Waals surface area (Å²) in [5.41, 5.74) is 1.58. The standard InChI is InChI=1S/C12H18N2O2S/c15-11-2-4-14(7-10-6-13-9-17-10)8-12(11)3-1-5-16-12/h6,9,11,15H,1-5,7-8H2/t11-,12-/m0/s1. The Morgan fingerprint density at radius 3 is 3.29 bits per heavy atom. The van der Waals surface area contributed by atoms with Crippen molar-refractivity contribution in [3.8, 4) is 0 Å². The number of nitrogens with zero attached hydrogens (tertiary/aromatic N) is 2. The topological polar surface area (TPSA) is 45.6 Å². The second kappa shape index (κ2) is 4.65. The summed E-state index contributed by atoms with van der Waals surface area (Å²) in [6.07, 6.45) is 4.53. The van der Waals surface area contributed by atoms with Crippen LogP contribution in [0.1, 0.15) is 24.1 Å². The van der Waals surface area contributed by atoms with Crippen molar-refractivity contribution < 1.29 is 9.84 Å². The van der Waals surface area contributed by atoms with Gasteiger partial charge >= 0.3 is 0 Å². The fourth-order valence-corrected chi connectivity index (χ4v) is 3.55. The Morgan fingerprint density at radius 2 is 2.59 bits per heavy atom. The summed E-state index contributed by atoms with van der Waals surface area (Å²) in [5.74, 6) is 0. The summed E-state index contributed by atoms with van der Waals surface area (Å²) >= 11 is 1.69. The zero-order chi connectivity index (χ0) is 11.7. The van der Waals surface area contributed by atoms with Crippen LogP contribution in [-0.2, 0) is 11.3 Å². The Bertz CT molecular complexity index is 363. The Hall–Kier alpha value is -0.490. The average Bonchev–Trinajstić information content (AvgIpc) is 2.96. The van der Waals surface area contributed by atoms with E-state index in [1.54, 1.807) is 11.3 Å². The van der Waals surface area contributed by atoms with Gasteiger partial charge in [-0.25, -0.2) is 0 Å². The third kappa shape index (κ3) is 2.25. The van der Waals surface area contributed by atoms with E-state index in [-0.39, 0.29) is 11.7 Å². The van der Waals surface area contributed by atoms with Crippen LogP contribution in [0, 0.1) is 0 Å². The molecule has 4 nitrogen and oxygen atoms in total. The van der Waals surface area contributed by atoms with Crippen LogP contribution in [0.5, 0.6) is 0 Å². The lowest BCUT2D eigenvalue weighted by Crippen LogP contribution is -2.56. The van der Waals surface area contributed by atoms with Gasteiger partial charge in [0.15, 0.2) is 0 Å². The molecule has 2 aliphatic heterocycles. The number of aliphatic hydroxyl groups excluding tert-OH is 1. The number of piperidine rings is 1. The zero-order valence-electron chi connectivity index (χ0n) is 9.84. The van der Waals surface area contributed by atoms with Gasteiger partial charge in [-0.05, 0) is 19.3 Å². The molecular weight excluding hydrogens is 236 g/mol. The van der Waals surface area contributed by atoms with Crippen molar-refractivity contribution in [2.45, 2.75) is 37.5 Å². The lowest BCUT2D eigenvalue weighted by molar-refractivity contribution is -0.132. The van der Waals surface area contributed by atoms with Crippen LogP contribution in [0.25, 0.3) is 0 Å². The van der Waals surface area contributed by atoms with Gasteiger partial charge in [0.1, 0.15) is 5.60 Å². The Kier molecular flexibility index (Phi) is 3.17. The quantitative estimate of drug-likeness (QED) is 0.863. The van der Waals surface area contributed by atoms with E-state index in [0.29, 0.717) is 0 Å². The van der Waals surface area contributed by atoms with Crippen molar-refractivity contribution in [1.82, 2.24) is 9.88 Å². The van der Waals surface area contributed by atoms with Crippen LogP contribution in [-0.4, -0.2) is 46.4 Å². The van der Waals surface area contributed by atoms with Crippen LogP contribution in [0.15, 0.2) is 11.7 Å². The van der Waals surface area contributed by atoms with Crippen molar-refractivity contribution in [3.63, 3.8) is 0 Å². The van der Waals surface area contributed by atoms with Gasteiger partial charge in [-0.3, -0.25) is 9.88 Å². The summed E-state index contributed by atoms with van der Waals surface area (Å²) in [6, 6.07) is 0. The van der Waals surface area contributed by atoms with E-state index < -0.39 is 0 Å². The smallest absolute Gasteiger partial charge is 0.107 e. The van der Waals surface area contributed by atoms with E-state index in [1.807, 2.05) is 11.7 Å². The monoisotopic (exact) mass is 254 g/mol. The SMILES string of the molecule is O[C@H]1CCN(Cc2cncs2)C[C@@]12CCCO2. The zero-order valence-corrected chi connectivity index (χ0v) is 10.7. The van der Waals surface area contributed by atoms with E-state index in [2.05, 4.69) is 9.88 Å². The molecule has 3 rings (SSSR count).